The minimum Gasteiger partial charge on any atom is -0.281 e. The van der Waals surface area contributed by atoms with E-state index in [9.17, 15) is 4.79 Å². The highest BCUT2D eigenvalue weighted by Crippen LogP contribution is 2.73. The van der Waals surface area contributed by atoms with Crippen LogP contribution < -0.4 is 15.9 Å². The average molecular weight is 411 g/mol. The van der Waals surface area contributed by atoms with Gasteiger partial charge in [0.15, 0.2) is 4.99 Å². The van der Waals surface area contributed by atoms with Gasteiger partial charge in [0, 0.05) is 11.1 Å². The Morgan fingerprint density at radius 3 is 1.45 bits per heavy atom. The fraction of sp³-hybridized carbons (Fsp3) is 0.0385. The normalized spacial score (nSPS) is 15.9. The van der Waals surface area contributed by atoms with Crippen LogP contribution in [0.3, 0.4) is 0 Å². The Bertz CT molecular complexity index is 1050. The minimum absolute atomic E-state index is 0.0680. The maximum atomic E-state index is 13.0. The van der Waals surface area contributed by atoms with E-state index in [2.05, 4.69) is 103 Å². The van der Waals surface area contributed by atoms with Crippen molar-refractivity contribution in [1.29, 1.82) is 0 Å². The molecule has 0 N–H and O–H groups in total. The first kappa shape index (κ1) is 18.4. The standard InChI is InChI=1S/C26H20OPS/c27-25-23-18-10-11-19-24(23)26(29-25)28(20-12-4-1-5-13-20,21-14-6-2-7-15-21)22-16-8-3-9-17-22/h1-19,26H/q+1. The lowest BCUT2D eigenvalue weighted by Gasteiger charge is -2.32. The summed E-state index contributed by atoms with van der Waals surface area (Å²) in [6, 6.07) is 40.4. The Balaban J connectivity index is 1.89. The van der Waals surface area contributed by atoms with Crippen molar-refractivity contribution in [3.8, 4) is 0 Å². The van der Waals surface area contributed by atoms with Crippen molar-refractivity contribution in [2.75, 3.05) is 0 Å². The van der Waals surface area contributed by atoms with Gasteiger partial charge in [-0.15, -0.1) is 0 Å². The van der Waals surface area contributed by atoms with E-state index in [-0.39, 0.29) is 10.1 Å². The van der Waals surface area contributed by atoms with E-state index < -0.39 is 7.26 Å². The third kappa shape index (κ3) is 2.95. The second kappa shape index (κ2) is 7.63. The molecule has 1 aliphatic rings. The SMILES string of the molecule is O=C1SC([P+](c2ccccc2)(c2ccccc2)c2ccccc2)c2ccccc21. The van der Waals surface area contributed by atoms with Crippen LogP contribution in [0.2, 0.25) is 0 Å². The molecule has 0 aromatic heterocycles. The van der Waals surface area contributed by atoms with Crippen molar-refractivity contribution in [1.82, 2.24) is 0 Å². The van der Waals surface area contributed by atoms with Crippen molar-refractivity contribution < 1.29 is 4.79 Å². The predicted octanol–water partition coefficient (Wildman–Crippen LogP) is 5.57. The van der Waals surface area contributed by atoms with E-state index in [1.165, 1.54) is 27.7 Å². The van der Waals surface area contributed by atoms with Crippen LogP contribution in [0, 0.1) is 0 Å². The Kier molecular flexibility index (Phi) is 4.83. The van der Waals surface area contributed by atoms with Gasteiger partial charge >= 0.3 is 0 Å². The lowest BCUT2D eigenvalue weighted by atomic mass is 10.1. The van der Waals surface area contributed by atoms with Gasteiger partial charge in [0.1, 0.15) is 23.2 Å². The summed E-state index contributed by atoms with van der Waals surface area (Å²) >= 11 is 1.50. The van der Waals surface area contributed by atoms with Gasteiger partial charge in [-0.25, -0.2) is 0 Å². The smallest absolute Gasteiger partial charge is 0.223 e. The number of rotatable bonds is 4. The molecule has 0 fully saturated rings. The summed E-state index contributed by atoms with van der Waals surface area (Å²) in [4.78, 5) is 13.1. The maximum absolute atomic E-state index is 13.0. The first-order valence-electron chi connectivity index (χ1n) is 9.67. The lowest BCUT2D eigenvalue weighted by molar-refractivity contribution is 0.109. The number of hydrogen-bond donors (Lipinski definition) is 0. The fourth-order valence-electron chi connectivity index (χ4n) is 4.26. The largest absolute Gasteiger partial charge is 0.281 e. The molecular weight excluding hydrogens is 391 g/mol. The summed E-state index contributed by atoms with van der Waals surface area (Å²) in [5.41, 5.74) is 2.02. The molecule has 0 amide bonds. The fourth-order valence-corrected chi connectivity index (χ4v) is 11.4. The van der Waals surface area contributed by atoms with Gasteiger partial charge in [-0.1, -0.05) is 78.9 Å². The monoisotopic (exact) mass is 411 g/mol. The number of carbonyl (C=O) groups is 1. The van der Waals surface area contributed by atoms with E-state index in [0.29, 0.717) is 0 Å². The molecule has 3 heteroatoms. The van der Waals surface area contributed by atoms with Gasteiger partial charge < -0.3 is 0 Å². The lowest BCUT2D eigenvalue weighted by Crippen LogP contribution is -2.33. The Morgan fingerprint density at radius 1 is 0.552 bits per heavy atom. The van der Waals surface area contributed by atoms with E-state index in [4.69, 9.17) is 0 Å². The van der Waals surface area contributed by atoms with Crippen LogP contribution in [0.5, 0.6) is 0 Å². The summed E-state index contributed by atoms with van der Waals surface area (Å²) in [6.07, 6.45) is 0. The van der Waals surface area contributed by atoms with E-state index in [0.717, 1.165) is 11.1 Å². The van der Waals surface area contributed by atoms with Crippen LogP contribution in [0.1, 0.15) is 20.9 Å². The maximum Gasteiger partial charge on any atom is 0.223 e. The molecule has 0 bridgehead atoms. The molecule has 4 aromatic rings. The molecule has 1 atom stereocenters. The third-order valence-electron chi connectivity index (χ3n) is 5.51. The quantitative estimate of drug-likeness (QED) is 0.409. The van der Waals surface area contributed by atoms with Crippen molar-refractivity contribution in [3.63, 3.8) is 0 Å². The minimum atomic E-state index is -2.13. The van der Waals surface area contributed by atoms with Crippen LogP contribution in [-0.2, 0) is 0 Å². The molecule has 0 saturated heterocycles. The number of carbonyl (C=O) groups excluding carboxylic acids is 1. The van der Waals surface area contributed by atoms with Gasteiger partial charge in [-0.3, -0.25) is 4.79 Å². The zero-order valence-electron chi connectivity index (χ0n) is 15.8. The van der Waals surface area contributed by atoms with Gasteiger partial charge in [-0.2, -0.15) is 0 Å². The van der Waals surface area contributed by atoms with Gasteiger partial charge in [0.2, 0.25) is 5.12 Å². The summed E-state index contributed by atoms with van der Waals surface area (Å²) in [5, 5.41) is 4.09. The van der Waals surface area contributed by atoms with Crippen molar-refractivity contribution in [2.24, 2.45) is 0 Å². The highest BCUT2D eigenvalue weighted by atomic mass is 32.2. The summed E-state index contributed by atoms with van der Waals surface area (Å²) in [7, 11) is -2.13. The van der Waals surface area contributed by atoms with Crippen molar-refractivity contribution in [3.05, 3.63) is 126 Å². The molecule has 1 aliphatic heterocycles. The second-order valence-electron chi connectivity index (χ2n) is 7.07. The molecule has 5 rings (SSSR count). The van der Waals surface area contributed by atoms with Gasteiger partial charge in [-0.05, 0) is 48.2 Å². The molecule has 140 valence electrons. The molecule has 29 heavy (non-hydrogen) atoms. The molecule has 0 radical (unpaired) electrons. The molecule has 1 heterocycles. The highest BCUT2D eigenvalue weighted by Gasteiger charge is 2.57. The molecule has 0 aliphatic carbocycles. The van der Waals surface area contributed by atoms with Gasteiger partial charge in [0.05, 0.1) is 0 Å². The molecule has 1 unspecified atom stereocenters. The number of thioether (sulfide) groups is 1. The summed E-state index contributed by atoms with van der Waals surface area (Å²) in [6.45, 7) is 0. The topological polar surface area (TPSA) is 17.1 Å². The molecule has 4 aromatic carbocycles. The van der Waals surface area contributed by atoms with E-state index >= 15 is 0 Å². The first-order valence-corrected chi connectivity index (χ1v) is 12.4. The molecule has 0 saturated carbocycles. The molecule has 0 spiro atoms. The summed E-state index contributed by atoms with van der Waals surface area (Å²) < 4.78 is 0. The third-order valence-corrected chi connectivity index (χ3v) is 12.0. The Morgan fingerprint density at radius 2 is 0.966 bits per heavy atom. The average Bonchev–Trinajstić information content (AvgIpc) is 3.14. The second-order valence-corrected chi connectivity index (χ2v) is 12.0. The highest BCUT2D eigenvalue weighted by molar-refractivity contribution is 8.23. The van der Waals surface area contributed by atoms with Crippen molar-refractivity contribution in [2.45, 2.75) is 4.99 Å². The van der Waals surface area contributed by atoms with E-state index in [1.807, 2.05) is 12.1 Å². The Hall–Kier alpha value is -2.67. The van der Waals surface area contributed by atoms with E-state index in [1.54, 1.807) is 0 Å². The number of fused-ring (bicyclic) bond motifs is 1. The van der Waals surface area contributed by atoms with Gasteiger partial charge in [0.25, 0.3) is 0 Å². The zero-order valence-corrected chi connectivity index (χ0v) is 17.5. The zero-order chi connectivity index (χ0) is 19.7. The first-order chi connectivity index (χ1) is 14.3. The van der Waals surface area contributed by atoms with Crippen LogP contribution in [0.25, 0.3) is 0 Å². The van der Waals surface area contributed by atoms with Crippen LogP contribution in [0.15, 0.2) is 115 Å². The Labute approximate surface area is 176 Å². The van der Waals surface area contributed by atoms with Crippen LogP contribution in [0.4, 0.5) is 0 Å². The van der Waals surface area contributed by atoms with Crippen molar-refractivity contribution >= 4 is 40.1 Å². The van der Waals surface area contributed by atoms with Crippen LogP contribution >= 0.6 is 19.0 Å². The predicted molar refractivity (Wildman–Crippen MR) is 126 cm³/mol. The number of hydrogen-bond acceptors (Lipinski definition) is 2. The van der Waals surface area contributed by atoms with Crippen LogP contribution in [-0.4, -0.2) is 5.12 Å². The number of benzene rings is 4. The summed E-state index contributed by atoms with van der Waals surface area (Å²) in [5.74, 6) is 0. The molecule has 1 nitrogen and oxygen atoms in total. The molecular formula is C26H20OPS+.